The van der Waals surface area contributed by atoms with Gasteiger partial charge in [-0.25, -0.2) is 9.78 Å². The number of hydrogen-bond acceptors (Lipinski definition) is 3. The largest absolute Gasteiger partial charge is 0.444 e. The molecule has 1 aromatic carbocycles. The Morgan fingerprint density at radius 3 is 2.41 bits per heavy atom. The summed E-state index contributed by atoms with van der Waals surface area (Å²) in [6.07, 6.45) is -4.82. The number of amides is 1. The number of fused-ring (bicyclic) bond motifs is 1. The fraction of sp³-hybridized carbons (Fsp3) is 0.619. The van der Waals surface area contributed by atoms with Crippen LogP contribution >= 0.6 is 0 Å². The highest BCUT2D eigenvalue weighted by Crippen LogP contribution is 2.24. The second kappa shape index (κ2) is 10.5. The quantitative estimate of drug-likeness (QED) is 0.630. The van der Waals surface area contributed by atoms with Crippen LogP contribution in [0.5, 0.6) is 0 Å². The van der Waals surface area contributed by atoms with Gasteiger partial charge in [0.2, 0.25) is 0 Å². The number of halogens is 3. The van der Waals surface area contributed by atoms with E-state index in [0.717, 1.165) is 16.9 Å². The van der Waals surface area contributed by atoms with Crippen LogP contribution in [0.1, 0.15) is 65.8 Å². The van der Waals surface area contributed by atoms with Crippen LogP contribution in [0.2, 0.25) is 0 Å². The molecule has 1 heterocycles. The molecule has 0 spiro atoms. The average Bonchev–Trinajstić information content (AvgIpc) is 2.96. The van der Waals surface area contributed by atoms with Gasteiger partial charge in [0, 0.05) is 25.9 Å². The summed E-state index contributed by atoms with van der Waals surface area (Å²) in [7, 11) is 0. The Morgan fingerprint density at radius 2 is 1.86 bits per heavy atom. The molecular weight excluding hydrogens is 383 g/mol. The third kappa shape index (κ3) is 8.33. The highest BCUT2D eigenvalue weighted by molar-refractivity contribution is 5.77. The van der Waals surface area contributed by atoms with Crippen LogP contribution < -0.4 is 5.32 Å². The van der Waals surface area contributed by atoms with E-state index in [0.29, 0.717) is 11.9 Å². The third-order valence-corrected chi connectivity index (χ3v) is 3.89. The van der Waals surface area contributed by atoms with Crippen molar-refractivity contribution in [3.8, 4) is 0 Å². The molecular formula is C21H32F3N3O2. The summed E-state index contributed by atoms with van der Waals surface area (Å²) < 4.78 is 44.3. The first-order valence-electron chi connectivity index (χ1n) is 10.00. The number of aromatic nitrogens is 2. The van der Waals surface area contributed by atoms with Crippen LogP contribution in [-0.2, 0) is 24.2 Å². The van der Waals surface area contributed by atoms with Crippen molar-refractivity contribution in [2.75, 3.05) is 0 Å². The van der Waals surface area contributed by atoms with Crippen LogP contribution in [0.15, 0.2) is 18.2 Å². The molecule has 164 valence electrons. The summed E-state index contributed by atoms with van der Waals surface area (Å²) in [5.74, 6) is 0.754. The maximum absolute atomic E-state index is 12.4. The van der Waals surface area contributed by atoms with E-state index >= 15 is 0 Å². The summed E-state index contributed by atoms with van der Waals surface area (Å²) in [4.78, 5) is 16.3. The number of rotatable bonds is 6. The molecule has 0 fully saturated rings. The van der Waals surface area contributed by atoms with Crippen molar-refractivity contribution in [1.29, 1.82) is 0 Å². The number of alkyl halides is 3. The van der Waals surface area contributed by atoms with Crippen molar-refractivity contribution in [2.24, 2.45) is 0 Å². The lowest BCUT2D eigenvalue weighted by Gasteiger charge is -2.19. The van der Waals surface area contributed by atoms with E-state index in [-0.39, 0.29) is 19.5 Å². The number of nitrogens with one attached hydrogen (secondary N) is 1. The molecule has 2 rings (SSSR count). The molecule has 29 heavy (non-hydrogen) atoms. The Labute approximate surface area is 170 Å². The van der Waals surface area contributed by atoms with Gasteiger partial charge in [-0.1, -0.05) is 26.8 Å². The van der Waals surface area contributed by atoms with Gasteiger partial charge >= 0.3 is 12.3 Å². The Bertz CT molecular complexity index is 793. The number of alkyl carbamates (subject to hydrolysis) is 1. The summed E-state index contributed by atoms with van der Waals surface area (Å²) in [6.45, 7) is 11.8. The molecule has 0 bridgehead atoms. The summed E-state index contributed by atoms with van der Waals surface area (Å²) in [6, 6.07) is 5.51. The lowest BCUT2D eigenvalue weighted by molar-refractivity contribution is -0.135. The fourth-order valence-corrected chi connectivity index (χ4v) is 2.78. The van der Waals surface area contributed by atoms with E-state index in [1.54, 1.807) is 20.8 Å². The zero-order valence-electron chi connectivity index (χ0n) is 18.1. The predicted octanol–water partition coefficient (Wildman–Crippen LogP) is 5.99. The van der Waals surface area contributed by atoms with Gasteiger partial charge in [0.15, 0.2) is 0 Å². The monoisotopic (exact) mass is 415 g/mol. The number of hydrogen-bond donors (Lipinski definition) is 1. The minimum atomic E-state index is -4.15. The van der Waals surface area contributed by atoms with E-state index in [2.05, 4.69) is 10.3 Å². The van der Waals surface area contributed by atoms with Crippen molar-refractivity contribution in [1.82, 2.24) is 14.9 Å². The zero-order valence-corrected chi connectivity index (χ0v) is 18.1. The van der Waals surface area contributed by atoms with E-state index < -0.39 is 24.3 Å². The smallest absolute Gasteiger partial charge is 0.407 e. The number of carbonyl (C=O) groups excluding carboxylic acids is 1. The fourth-order valence-electron chi connectivity index (χ4n) is 2.78. The predicted molar refractivity (Wildman–Crippen MR) is 109 cm³/mol. The minimum absolute atomic E-state index is 0.0178. The first-order chi connectivity index (χ1) is 13.5. The van der Waals surface area contributed by atoms with Gasteiger partial charge in [-0.15, -0.1) is 0 Å². The van der Waals surface area contributed by atoms with Gasteiger partial charge in [0.25, 0.3) is 0 Å². The molecule has 0 aliphatic heterocycles. The topological polar surface area (TPSA) is 56.1 Å². The first kappa shape index (κ1) is 24.8. The molecule has 0 saturated heterocycles. The number of benzene rings is 1. The van der Waals surface area contributed by atoms with Crippen molar-refractivity contribution in [3.05, 3.63) is 29.6 Å². The molecule has 1 aromatic heterocycles. The summed E-state index contributed by atoms with van der Waals surface area (Å²) in [5.41, 5.74) is 1.78. The maximum atomic E-state index is 12.4. The Kier molecular flexibility index (Phi) is 8.98. The second-order valence-corrected chi connectivity index (χ2v) is 7.43. The number of ether oxygens (including phenoxy) is 1. The Balaban J connectivity index is 0.00000204. The van der Waals surface area contributed by atoms with Crippen LogP contribution in [0.3, 0.4) is 0 Å². The molecule has 0 saturated carbocycles. The molecule has 5 nitrogen and oxygen atoms in total. The molecule has 0 unspecified atom stereocenters. The normalized spacial score (nSPS) is 11.8. The highest BCUT2D eigenvalue weighted by Gasteiger charge is 2.26. The van der Waals surface area contributed by atoms with Gasteiger partial charge in [-0.2, -0.15) is 13.2 Å². The van der Waals surface area contributed by atoms with E-state index in [1.807, 2.05) is 43.5 Å². The van der Waals surface area contributed by atoms with Crippen LogP contribution in [0.25, 0.3) is 11.0 Å². The third-order valence-electron chi connectivity index (χ3n) is 3.89. The van der Waals surface area contributed by atoms with Crippen LogP contribution in [-0.4, -0.2) is 27.4 Å². The minimum Gasteiger partial charge on any atom is -0.444 e. The molecule has 0 aliphatic carbocycles. The van der Waals surface area contributed by atoms with Gasteiger partial charge in [-0.3, -0.25) is 0 Å². The SMILES string of the molecule is CC.CCc1nc2cc(CNC(=O)OC(C)(C)C)ccc2n1CCCC(F)(F)F. The molecule has 1 amide bonds. The average molecular weight is 416 g/mol. The molecule has 0 aliphatic rings. The van der Waals surface area contributed by atoms with Crippen molar-refractivity contribution >= 4 is 17.1 Å². The number of aryl methyl sites for hydroxylation is 2. The first-order valence-corrected chi connectivity index (χ1v) is 10.00. The zero-order chi connectivity index (χ0) is 22.2. The standard InChI is InChI=1S/C19H26F3N3O2.C2H6/c1-5-16-24-14-11-13(12-23-17(26)27-18(2,3)4)7-8-15(14)25(16)10-6-9-19(20,21)22;1-2/h7-8,11H,5-6,9-10,12H2,1-4H3,(H,23,26);1-2H3. The van der Waals surface area contributed by atoms with Crippen molar-refractivity contribution < 1.29 is 22.7 Å². The van der Waals surface area contributed by atoms with Crippen molar-refractivity contribution in [3.63, 3.8) is 0 Å². The summed E-state index contributed by atoms with van der Waals surface area (Å²) >= 11 is 0. The van der Waals surface area contributed by atoms with E-state index in [4.69, 9.17) is 4.74 Å². The maximum Gasteiger partial charge on any atom is 0.407 e. The Hall–Kier alpha value is -2.25. The second-order valence-electron chi connectivity index (χ2n) is 7.43. The number of imidazole rings is 1. The van der Waals surface area contributed by atoms with Crippen LogP contribution in [0.4, 0.5) is 18.0 Å². The van der Waals surface area contributed by atoms with Crippen LogP contribution in [0, 0.1) is 0 Å². The van der Waals surface area contributed by atoms with Gasteiger partial charge in [0.05, 0.1) is 11.0 Å². The Morgan fingerprint density at radius 1 is 1.21 bits per heavy atom. The molecule has 0 atom stereocenters. The summed E-state index contributed by atoms with van der Waals surface area (Å²) in [5, 5.41) is 2.69. The van der Waals surface area contributed by atoms with Crippen molar-refractivity contribution in [2.45, 2.75) is 85.7 Å². The number of nitrogens with zero attached hydrogens (tertiary/aromatic N) is 2. The molecule has 0 radical (unpaired) electrons. The molecule has 1 N–H and O–H groups in total. The lowest BCUT2D eigenvalue weighted by Crippen LogP contribution is -2.32. The van der Waals surface area contributed by atoms with Gasteiger partial charge in [0.1, 0.15) is 11.4 Å². The molecule has 2 aromatic rings. The highest BCUT2D eigenvalue weighted by atomic mass is 19.4. The van der Waals surface area contributed by atoms with E-state index in [9.17, 15) is 18.0 Å². The molecule has 8 heteroatoms. The van der Waals surface area contributed by atoms with E-state index in [1.165, 1.54) is 0 Å². The van der Waals surface area contributed by atoms with Gasteiger partial charge < -0.3 is 14.6 Å². The number of carbonyl (C=O) groups is 1. The lowest BCUT2D eigenvalue weighted by atomic mass is 10.2. The van der Waals surface area contributed by atoms with Gasteiger partial charge in [-0.05, 0) is 44.9 Å².